The zero-order valence-corrected chi connectivity index (χ0v) is 8.22. The molecule has 0 unspecified atom stereocenters. The van der Waals surface area contributed by atoms with Crippen LogP contribution in [0, 0.1) is 0 Å². The number of hydrogen-bond donors (Lipinski definition) is 0. The van der Waals surface area contributed by atoms with Gasteiger partial charge in [-0.25, -0.2) is 0 Å². The lowest BCUT2D eigenvalue weighted by Gasteiger charge is -2.04. The average molecular weight is 195 g/mol. The summed E-state index contributed by atoms with van der Waals surface area (Å²) in [5, 5.41) is 2.28. The lowest BCUT2D eigenvalue weighted by Crippen LogP contribution is -1.86. The predicted octanol–water partition coefficient (Wildman–Crippen LogP) is 2.44. The minimum Gasteiger partial charge on any atom is -0.497 e. The third-order valence-corrected chi connectivity index (χ3v) is 1.64. The first-order valence-electron chi connectivity index (χ1n) is 3.61. The van der Waals surface area contributed by atoms with Gasteiger partial charge in [0.1, 0.15) is 17.2 Å². The second kappa shape index (κ2) is 4.60. The SMILES string of the molecule is COc1ccc(OC)c(N=C=S)c1. The highest BCUT2D eigenvalue weighted by molar-refractivity contribution is 7.78. The van der Waals surface area contributed by atoms with Crippen molar-refractivity contribution in [3.05, 3.63) is 18.2 Å². The number of hydrogen-bond acceptors (Lipinski definition) is 4. The Balaban J connectivity index is 3.17. The van der Waals surface area contributed by atoms with E-state index in [1.807, 2.05) is 0 Å². The molecule has 0 radical (unpaired) electrons. The van der Waals surface area contributed by atoms with Gasteiger partial charge in [-0.2, -0.15) is 4.99 Å². The number of methoxy groups -OCH3 is 2. The van der Waals surface area contributed by atoms with Crippen LogP contribution in [0.4, 0.5) is 5.69 Å². The van der Waals surface area contributed by atoms with Crippen LogP contribution in [-0.4, -0.2) is 19.4 Å². The summed E-state index contributed by atoms with van der Waals surface area (Å²) in [6, 6.07) is 5.30. The molecule has 0 N–H and O–H groups in total. The topological polar surface area (TPSA) is 30.8 Å². The lowest BCUT2D eigenvalue weighted by atomic mass is 10.3. The molecule has 0 spiro atoms. The Morgan fingerprint density at radius 1 is 1.31 bits per heavy atom. The molecule has 0 aromatic heterocycles. The molecule has 68 valence electrons. The van der Waals surface area contributed by atoms with Crippen molar-refractivity contribution >= 4 is 23.1 Å². The zero-order chi connectivity index (χ0) is 9.68. The first kappa shape index (κ1) is 9.71. The number of isothiocyanates is 1. The summed E-state index contributed by atoms with van der Waals surface area (Å²) in [4.78, 5) is 3.85. The van der Waals surface area contributed by atoms with E-state index in [0.29, 0.717) is 17.2 Å². The van der Waals surface area contributed by atoms with Gasteiger partial charge in [-0.15, -0.1) is 0 Å². The van der Waals surface area contributed by atoms with E-state index >= 15 is 0 Å². The molecule has 0 bridgehead atoms. The Bertz CT molecular complexity index is 345. The van der Waals surface area contributed by atoms with E-state index in [1.54, 1.807) is 32.4 Å². The van der Waals surface area contributed by atoms with Crippen LogP contribution in [-0.2, 0) is 0 Å². The second-order valence-electron chi connectivity index (χ2n) is 2.24. The number of benzene rings is 1. The highest BCUT2D eigenvalue weighted by Gasteiger charge is 2.02. The molecule has 1 aromatic rings. The minimum absolute atomic E-state index is 0.622. The zero-order valence-electron chi connectivity index (χ0n) is 7.40. The summed E-state index contributed by atoms with van der Waals surface area (Å²) in [5.41, 5.74) is 0.622. The largest absolute Gasteiger partial charge is 0.497 e. The number of aliphatic imine (C=N–C) groups is 1. The average Bonchev–Trinajstić information content (AvgIpc) is 2.18. The van der Waals surface area contributed by atoms with Gasteiger partial charge in [-0.05, 0) is 24.4 Å². The maximum absolute atomic E-state index is 5.06. The van der Waals surface area contributed by atoms with Crippen LogP contribution in [0.5, 0.6) is 11.5 Å². The van der Waals surface area contributed by atoms with E-state index in [9.17, 15) is 0 Å². The fraction of sp³-hybridized carbons (Fsp3) is 0.222. The molecule has 0 aliphatic carbocycles. The lowest BCUT2D eigenvalue weighted by molar-refractivity contribution is 0.404. The molecule has 0 aliphatic heterocycles. The first-order valence-corrected chi connectivity index (χ1v) is 4.02. The van der Waals surface area contributed by atoms with Crippen molar-refractivity contribution in [1.82, 2.24) is 0 Å². The van der Waals surface area contributed by atoms with E-state index in [1.165, 1.54) is 0 Å². The monoisotopic (exact) mass is 195 g/mol. The summed E-state index contributed by atoms with van der Waals surface area (Å²) < 4.78 is 10.1. The Morgan fingerprint density at radius 3 is 2.62 bits per heavy atom. The van der Waals surface area contributed by atoms with E-state index < -0.39 is 0 Å². The highest BCUT2D eigenvalue weighted by atomic mass is 32.1. The van der Waals surface area contributed by atoms with Crippen molar-refractivity contribution in [2.75, 3.05) is 14.2 Å². The van der Waals surface area contributed by atoms with Gasteiger partial charge >= 0.3 is 0 Å². The van der Waals surface area contributed by atoms with Gasteiger partial charge in [-0.3, -0.25) is 0 Å². The van der Waals surface area contributed by atoms with Gasteiger partial charge in [0, 0.05) is 6.07 Å². The fourth-order valence-corrected chi connectivity index (χ4v) is 1.03. The molecule has 13 heavy (non-hydrogen) atoms. The van der Waals surface area contributed by atoms with E-state index in [2.05, 4.69) is 22.4 Å². The molecule has 0 fully saturated rings. The van der Waals surface area contributed by atoms with E-state index in [4.69, 9.17) is 9.47 Å². The van der Waals surface area contributed by atoms with Gasteiger partial charge in [-0.1, -0.05) is 0 Å². The minimum atomic E-state index is 0.622. The Kier molecular flexibility index (Phi) is 3.43. The Hall–Kier alpha value is -1.38. The molecular weight excluding hydrogens is 186 g/mol. The van der Waals surface area contributed by atoms with Crippen molar-refractivity contribution < 1.29 is 9.47 Å². The van der Waals surface area contributed by atoms with E-state index in [0.717, 1.165) is 0 Å². The third kappa shape index (κ3) is 2.28. The van der Waals surface area contributed by atoms with Crippen molar-refractivity contribution in [2.45, 2.75) is 0 Å². The molecule has 0 saturated carbocycles. The van der Waals surface area contributed by atoms with Crippen molar-refractivity contribution in [3.8, 4) is 11.5 Å². The molecule has 4 heteroatoms. The van der Waals surface area contributed by atoms with Gasteiger partial charge in [0.15, 0.2) is 0 Å². The predicted molar refractivity (Wildman–Crippen MR) is 54.2 cm³/mol. The Morgan fingerprint density at radius 2 is 2.08 bits per heavy atom. The molecular formula is C9H9NO2S. The molecule has 1 rings (SSSR count). The molecule has 0 saturated heterocycles. The van der Waals surface area contributed by atoms with E-state index in [-0.39, 0.29) is 0 Å². The normalized spacial score (nSPS) is 8.77. The Labute approximate surface area is 82.0 Å². The molecule has 3 nitrogen and oxygen atoms in total. The van der Waals surface area contributed by atoms with Crippen molar-refractivity contribution in [3.63, 3.8) is 0 Å². The van der Waals surface area contributed by atoms with Crippen LogP contribution in [0.15, 0.2) is 23.2 Å². The van der Waals surface area contributed by atoms with Crippen LogP contribution in [0.1, 0.15) is 0 Å². The van der Waals surface area contributed by atoms with Crippen LogP contribution < -0.4 is 9.47 Å². The standard InChI is InChI=1S/C9H9NO2S/c1-11-7-3-4-9(12-2)8(5-7)10-6-13/h3-5H,1-2H3. The maximum Gasteiger partial charge on any atom is 0.145 e. The first-order chi connectivity index (χ1) is 6.31. The summed E-state index contributed by atoms with van der Waals surface area (Å²) in [7, 11) is 3.16. The summed E-state index contributed by atoms with van der Waals surface area (Å²) in [6.07, 6.45) is 0. The molecule has 0 heterocycles. The number of ether oxygens (including phenoxy) is 2. The van der Waals surface area contributed by atoms with Gasteiger partial charge < -0.3 is 9.47 Å². The van der Waals surface area contributed by atoms with Crippen LogP contribution in [0.2, 0.25) is 0 Å². The van der Waals surface area contributed by atoms with Gasteiger partial charge in [0.05, 0.1) is 19.4 Å². The molecule has 1 aromatic carbocycles. The summed E-state index contributed by atoms with van der Waals surface area (Å²) in [5.74, 6) is 1.36. The quantitative estimate of drug-likeness (QED) is 0.548. The molecule has 0 amide bonds. The molecule has 0 atom stereocenters. The second-order valence-corrected chi connectivity index (χ2v) is 2.42. The van der Waals surface area contributed by atoms with Crippen LogP contribution in [0.3, 0.4) is 0 Å². The summed E-state index contributed by atoms with van der Waals surface area (Å²) >= 11 is 4.51. The fourth-order valence-electron chi connectivity index (χ4n) is 0.933. The molecule has 0 aliphatic rings. The smallest absolute Gasteiger partial charge is 0.145 e. The van der Waals surface area contributed by atoms with Crippen LogP contribution in [0.25, 0.3) is 0 Å². The number of rotatable bonds is 3. The number of nitrogens with zero attached hydrogens (tertiary/aromatic N) is 1. The van der Waals surface area contributed by atoms with Crippen molar-refractivity contribution in [1.29, 1.82) is 0 Å². The third-order valence-electron chi connectivity index (χ3n) is 1.55. The number of thiocarbonyl (C=S) groups is 1. The summed E-state index contributed by atoms with van der Waals surface area (Å²) in [6.45, 7) is 0. The highest BCUT2D eigenvalue weighted by Crippen LogP contribution is 2.30. The van der Waals surface area contributed by atoms with Crippen molar-refractivity contribution in [2.24, 2.45) is 4.99 Å². The van der Waals surface area contributed by atoms with Gasteiger partial charge in [0.25, 0.3) is 0 Å². The van der Waals surface area contributed by atoms with Crippen LogP contribution >= 0.6 is 12.2 Å². The van der Waals surface area contributed by atoms with Gasteiger partial charge in [0.2, 0.25) is 0 Å². The maximum atomic E-state index is 5.06.